The average molecular weight is 238 g/mol. The highest BCUT2D eigenvalue weighted by Gasteiger charge is 2.07. The van der Waals surface area contributed by atoms with Gasteiger partial charge >= 0.3 is 0 Å². The summed E-state index contributed by atoms with van der Waals surface area (Å²) in [5.74, 6) is 0. The van der Waals surface area contributed by atoms with E-state index in [0.717, 1.165) is 11.6 Å². The van der Waals surface area contributed by atoms with Gasteiger partial charge < -0.3 is 5.32 Å². The monoisotopic (exact) mass is 238 g/mol. The van der Waals surface area contributed by atoms with Crippen LogP contribution in [-0.2, 0) is 0 Å². The molecule has 1 atom stereocenters. The fourth-order valence-electron chi connectivity index (χ4n) is 1.74. The first-order valence-electron chi connectivity index (χ1n) is 6.13. The van der Waals surface area contributed by atoms with Gasteiger partial charge in [0.2, 0.25) is 0 Å². The number of hydrogen-bond donors (Lipinski definition) is 1. The zero-order valence-electron chi connectivity index (χ0n) is 10.1. The molecule has 0 aliphatic carbocycles. The number of anilines is 1. The van der Waals surface area contributed by atoms with Crippen molar-refractivity contribution in [3.05, 3.63) is 24.2 Å². The largest absolute Gasteiger partial charge is 0.358 e. The lowest BCUT2D eigenvalue weighted by atomic mass is 10.0. The fourth-order valence-corrected chi connectivity index (χ4v) is 2.34. The van der Waals surface area contributed by atoms with Crippen LogP contribution in [0.4, 0.5) is 5.13 Å². The lowest BCUT2D eigenvalue weighted by Crippen LogP contribution is -2.18. The normalized spacial score (nSPS) is 12.3. The molecule has 1 heterocycles. The molecule has 1 aromatic heterocycles. The van der Waals surface area contributed by atoms with E-state index >= 15 is 0 Å². The smallest absolute Gasteiger partial charge is 0.182 e. The van der Waals surface area contributed by atoms with Crippen LogP contribution in [0.25, 0.3) is 0 Å². The van der Waals surface area contributed by atoms with Crippen LogP contribution >= 0.6 is 11.3 Å². The summed E-state index contributed by atoms with van der Waals surface area (Å²) in [6.07, 6.45) is 11.3. The third kappa shape index (κ3) is 5.31. The molecule has 0 saturated carbocycles. The van der Waals surface area contributed by atoms with Crippen LogP contribution in [-0.4, -0.2) is 11.0 Å². The summed E-state index contributed by atoms with van der Waals surface area (Å²) < 4.78 is 0. The van der Waals surface area contributed by atoms with Gasteiger partial charge in [-0.1, -0.05) is 38.7 Å². The van der Waals surface area contributed by atoms with Crippen LogP contribution in [0.3, 0.4) is 0 Å². The summed E-state index contributed by atoms with van der Waals surface area (Å²) in [5, 5.41) is 6.51. The predicted molar refractivity (Wildman–Crippen MR) is 73.1 cm³/mol. The molecule has 0 fully saturated rings. The second-order valence-corrected chi connectivity index (χ2v) is 4.95. The van der Waals surface area contributed by atoms with Crippen molar-refractivity contribution < 1.29 is 0 Å². The first-order valence-corrected chi connectivity index (χ1v) is 7.01. The van der Waals surface area contributed by atoms with Gasteiger partial charge in [-0.2, -0.15) is 0 Å². The van der Waals surface area contributed by atoms with E-state index < -0.39 is 0 Å². The highest BCUT2D eigenvalue weighted by molar-refractivity contribution is 7.13. The number of thiazole rings is 1. The molecule has 16 heavy (non-hydrogen) atoms. The van der Waals surface area contributed by atoms with E-state index in [-0.39, 0.29) is 0 Å². The van der Waals surface area contributed by atoms with Gasteiger partial charge in [0, 0.05) is 17.6 Å². The van der Waals surface area contributed by atoms with Crippen LogP contribution in [0.15, 0.2) is 24.2 Å². The van der Waals surface area contributed by atoms with E-state index in [1.165, 1.54) is 32.1 Å². The quantitative estimate of drug-likeness (QED) is 0.507. The molecule has 0 aliphatic heterocycles. The minimum absolute atomic E-state index is 0.500. The van der Waals surface area contributed by atoms with Crippen molar-refractivity contribution in [1.29, 1.82) is 0 Å². The molecule has 0 amide bonds. The van der Waals surface area contributed by atoms with E-state index in [1.807, 2.05) is 17.7 Å². The molecular weight excluding hydrogens is 216 g/mol. The van der Waals surface area contributed by atoms with Gasteiger partial charge in [0.15, 0.2) is 5.13 Å². The predicted octanol–water partition coefficient (Wildman–Crippen LogP) is 4.47. The van der Waals surface area contributed by atoms with E-state index in [2.05, 4.69) is 23.8 Å². The van der Waals surface area contributed by atoms with Gasteiger partial charge in [-0.05, 0) is 12.8 Å². The van der Waals surface area contributed by atoms with Gasteiger partial charge in [-0.15, -0.1) is 17.9 Å². The summed E-state index contributed by atoms with van der Waals surface area (Å²) in [4.78, 5) is 4.26. The maximum Gasteiger partial charge on any atom is 0.182 e. The molecule has 0 bridgehead atoms. The Morgan fingerprint density at radius 1 is 1.50 bits per heavy atom. The zero-order valence-corrected chi connectivity index (χ0v) is 10.9. The second kappa shape index (κ2) is 8.34. The van der Waals surface area contributed by atoms with Gasteiger partial charge in [-0.3, -0.25) is 0 Å². The molecule has 3 heteroatoms. The van der Waals surface area contributed by atoms with Crippen molar-refractivity contribution >= 4 is 16.5 Å². The van der Waals surface area contributed by atoms with Crippen molar-refractivity contribution in [2.75, 3.05) is 5.32 Å². The summed E-state index contributed by atoms with van der Waals surface area (Å²) in [6.45, 7) is 6.06. The Hall–Kier alpha value is -0.830. The van der Waals surface area contributed by atoms with Gasteiger partial charge in [0.25, 0.3) is 0 Å². The molecule has 0 spiro atoms. The van der Waals surface area contributed by atoms with Crippen molar-refractivity contribution in [2.24, 2.45) is 0 Å². The molecular formula is C13H22N2S. The van der Waals surface area contributed by atoms with Crippen LogP contribution in [0.5, 0.6) is 0 Å². The molecule has 2 nitrogen and oxygen atoms in total. The molecule has 0 saturated heterocycles. The highest BCUT2D eigenvalue weighted by atomic mass is 32.1. The lowest BCUT2D eigenvalue weighted by Gasteiger charge is -2.16. The molecule has 1 unspecified atom stereocenters. The number of aromatic nitrogens is 1. The summed E-state index contributed by atoms with van der Waals surface area (Å²) in [6, 6.07) is 0.500. The molecule has 1 aromatic rings. The Morgan fingerprint density at radius 2 is 2.38 bits per heavy atom. The topological polar surface area (TPSA) is 24.9 Å². The number of nitrogens with zero attached hydrogens (tertiary/aromatic N) is 1. The van der Waals surface area contributed by atoms with Crippen molar-refractivity contribution in [3.63, 3.8) is 0 Å². The maximum absolute atomic E-state index is 4.26. The third-order valence-corrected chi connectivity index (χ3v) is 3.32. The average Bonchev–Trinajstić information content (AvgIpc) is 2.77. The molecule has 0 aromatic carbocycles. The number of nitrogens with one attached hydrogen (secondary N) is 1. The Bertz CT molecular complexity index is 269. The Kier molecular flexibility index (Phi) is 6.90. The van der Waals surface area contributed by atoms with Crippen molar-refractivity contribution in [3.8, 4) is 0 Å². The second-order valence-electron chi connectivity index (χ2n) is 4.05. The minimum atomic E-state index is 0.500. The first-order chi connectivity index (χ1) is 7.86. The summed E-state index contributed by atoms with van der Waals surface area (Å²) in [5.41, 5.74) is 0. The van der Waals surface area contributed by atoms with Crippen LogP contribution < -0.4 is 5.32 Å². The van der Waals surface area contributed by atoms with Crippen molar-refractivity contribution in [1.82, 2.24) is 4.98 Å². The molecule has 90 valence electrons. The number of unbranched alkanes of at least 4 members (excludes halogenated alkanes) is 3. The summed E-state index contributed by atoms with van der Waals surface area (Å²) >= 11 is 1.66. The van der Waals surface area contributed by atoms with Crippen molar-refractivity contribution in [2.45, 2.75) is 51.5 Å². The molecule has 1 N–H and O–H groups in total. The van der Waals surface area contributed by atoms with Gasteiger partial charge in [-0.25, -0.2) is 4.98 Å². The van der Waals surface area contributed by atoms with E-state index in [1.54, 1.807) is 11.3 Å². The standard InChI is InChI=1S/C13H22N2S/c1-3-5-6-7-9-12(8-4-2)15-13-14-10-11-16-13/h4,10-12H,2-3,5-9H2,1H3,(H,14,15). The zero-order chi connectivity index (χ0) is 11.6. The lowest BCUT2D eigenvalue weighted by molar-refractivity contribution is 0.574. The minimum Gasteiger partial charge on any atom is -0.358 e. The van der Waals surface area contributed by atoms with E-state index in [4.69, 9.17) is 0 Å². The Morgan fingerprint density at radius 3 is 3.00 bits per heavy atom. The Labute approximate surface area is 103 Å². The van der Waals surface area contributed by atoms with Crippen LogP contribution in [0.1, 0.15) is 45.4 Å². The molecule has 0 radical (unpaired) electrons. The first kappa shape index (κ1) is 13.2. The number of hydrogen-bond acceptors (Lipinski definition) is 3. The SMILES string of the molecule is C=CCC(CCCCCC)Nc1nccs1. The van der Waals surface area contributed by atoms with E-state index in [9.17, 15) is 0 Å². The van der Waals surface area contributed by atoms with Gasteiger partial charge in [0.1, 0.15) is 0 Å². The number of rotatable bonds is 9. The Balaban J connectivity index is 2.27. The van der Waals surface area contributed by atoms with Crippen LogP contribution in [0.2, 0.25) is 0 Å². The van der Waals surface area contributed by atoms with Gasteiger partial charge in [0.05, 0.1) is 0 Å². The summed E-state index contributed by atoms with van der Waals surface area (Å²) in [7, 11) is 0. The third-order valence-electron chi connectivity index (χ3n) is 2.62. The molecule has 0 aliphatic rings. The van der Waals surface area contributed by atoms with Crippen LogP contribution in [0, 0.1) is 0 Å². The van der Waals surface area contributed by atoms with E-state index in [0.29, 0.717) is 6.04 Å². The maximum atomic E-state index is 4.26. The highest BCUT2D eigenvalue weighted by Crippen LogP contribution is 2.17. The molecule has 1 rings (SSSR count). The fraction of sp³-hybridized carbons (Fsp3) is 0.615.